The molecule has 1 aliphatic rings. The first-order chi connectivity index (χ1) is 9.64. The molecule has 1 aromatic rings. The fraction of sp³-hybridized carbons (Fsp3) is 0.500. The number of ether oxygens (including phenoxy) is 3. The zero-order valence-electron chi connectivity index (χ0n) is 11.6. The SMILES string of the molecule is COCCOc1cccc(NC(=O)C2(N)CCOC2)c1. The van der Waals surface area contributed by atoms with Crippen LogP contribution in [0.25, 0.3) is 0 Å². The second-order valence-corrected chi connectivity index (χ2v) is 4.78. The molecular formula is C14H20N2O4. The van der Waals surface area contributed by atoms with Crippen LogP contribution in [0.3, 0.4) is 0 Å². The third-order valence-corrected chi connectivity index (χ3v) is 3.15. The van der Waals surface area contributed by atoms with Crippen molar-refractivity contribution in [2.45, 2.75) is 12.0 Å². The molecule has 20 heavy (non-hydrogen) atoms. The van der Waals surface area contributed by atoms with E-state index < -0.39 is 5.54 Å². The monoisotopic (exact) mass is 280 g/mol. The van der Waals surface area contributed by atoms with E-state index >= 15 is 0 Å². The standard InChI is InChI=1S/C14H20N2O4/c1-18-7-8-20-12-4-2-3-11(9-12)16-13(17)14(15)5-6-19-10-14/h2-4,9H,5-8,10,15H2,1H3,(H,16,17). The lowest BCUT2D eigenvalue weighted by Gasteiger charge is -2.20. The van der Waals surface area contributed by atoms with Crippen LogP contribution in [-0.4, -0.2) is 45.0 Å². The van der Waals surface area contributed by atoms with Gasteiger partial charge in [-0.1, -0.05) is 6.07 Å². The molecule has 1 fully saturated rings. The first-order valence-corrected chi connectivity index (χ1v) is 6.54. The fourth-order valence-electron chi connectivity index (χ4n) is 1.92. The molecule has 1 amide bonds. The van der Waals surface area contributed by atoms with Gasteiger partial charge in [0.15, 0.2) is 0 Å². The number of rotatable bonds is 6. The minimum absolute atomic E-state index is 0.232. The molecular weight excluding hydrogens is 260 g/mol. The van der Waals surface area contributed by atoms with Crippen molar-refractivity contribution in [3.05, 3.63) is 24.3 Å². The molecule has 6 heteroatoms. The molecule has 0 aliphatic carbocycles. The molecule has 1 saturated heterocycles. The summed E-state index contributed by atoms with van der Waals surface area (Å²) in [6.45, 7) is 1.75. The lowest BCUT2D eigenvalue weighted by Crippen LogP contribution is -2.51. The molecule has 1 aliphatic heterocycles. The van der Waals surface area contributed by atoms with E-state index in [1.165, 1.54) is 0 Å². The number of hydrogen-bond acceptors (Lipinski definition) is 5. The molecule has 1 atom stereocenters. The maximum Gasteiger partial charge on any atom is 0.246 e. The number of benzene rings is 1. The van der Waals surface area contributed by atoms with Crippen molar-refractivity contribution in [2.24, 2.45) is 5.73 Å². The average molecular weight is 280 g/mol. The van der Waals surface area contributed by atoms with Gasteiger partial charge in [0.1, 0.15) is 17.9 Å². The van der Waals surface area contributed by atoms with E-state index in [0.29, 0.717) is 37.7 Å². The van der Waals surface area contributed by atoms with Crippen LogP contribution in [0.5, 0.6) is 5.75 Å². The van der Waals surface area contributed by atoms with Gasteiger partial charge in [-0.2, -0.15) is 0 Å². The Kier molecular flexibility index (Phi) is 4.94. The lowest BCUT2D eigenvalue weighted by atomic mass is 9.99. The van der Waals surface area contributed by atoms with E-state index in [1.54, 1.807) is 19.2 Å². The van der Waals surface area contributed by atoms with Gasteiger partial charge in [0, 0.05) is 25.5 Å². The van der Waals surface area contributed by atoms with E-state index in [0.717, 1.165) is 0 Å². The Bertz CT molecular complexity index is 458. The van der Waals surface area contributed by atoms with E-state index in [4.69, 9.17) is 19.9 Å². The summed E-state index contributed by atoms with van der Waals surface area (Å²) in [5.74, 6) is 0.442. The van der Waals surface area contributed by atoms with E-state index in [9.17, 15) is 4.79 Å². The zero-order valence-corrected chi connectivity index (χ0v) is 11.6. The summed E-state index contributed by atoms with van der Waals surface area (Å²) < 4.78 is 15.6. The van der Waals surface area contributed by atoms with Crippen molar-refractivity contribution in [1.29, 1.82) is 0 Å². The van der Waals surface area contributed by atoms with Crippen molar-refractivity contribution in [3.8, 4) is 5.75 Å². The number of methoxy groups -OCH3 is 1. The first kappa shape index (κ1) is 14.8. The smallest absolute Gasteiger partial charge is 0.246 e. The van der Waals surface area contributed by atoms with Crippen molar-refractivity contribution >= 4 is 11.6 Å². The molecule has 1 unspecified atom stereocenters. The van der Waals surface area contributed by atoms with Gasteiger partial charge in [0.25, 0.3) is 0 Å². The number of nitrogens with one attached hydrogen (secondary N) is 1. The van der Waals surface area contributed by atoms with Crippen molar-refractivity contribution < 1.29 is 19.0 Å². The lowest BCUT2D eigenvalue weighted by molar-refractivity contribution is -0.121. The predicted octanol–water partition coefficient (Wildman–Crippen LogP) is 0.768. The third-order valence-electron chi connectivity index (χ3n) is 3.15. The molecule has 110 valence electrons. The summed E-state index contributed by atoms with van der Waals surface area (Å²) >= 11 is 0. The Morgan fingerprint density at radius 2 is 2.35 bits per heavy atom. The maximum absolute atomic E-state index is 12.1. The average Bonchev–Trinajstić information content (AvgIpc) is 2.88. The van der Waals surface area contributed by atoms with Crippen LogP contribution >= 0.6 is 0 Å². The van der Waals surface area contributed by atoms with Crippen LogP contribution in [0, 0.1) is 0 Å². The summed E-state index contributed by atoms with van der Waals surface area (Å²) in [7, 11) is 1.62. The predicted molar refractivity (Wildman–Crippen MR) is 74.8 cm³/mol. The Labute approximate surface area is 118 Å². The van der Waals surface area contributed by atoms with Gasteiger partial charge in [0.2, 0.25) is 5.91 Å². The van der Waals surface area contributed by atoms with Crippen LogP contribution in [0.2, 0.25) is 0 Å². The Morgan fingerprint density at radius 1 is 1.50 bits per heavy atom. The molecule has 0 saturated carbocycles. The molecule has 2 rings (SSSR count). The maximum atomic E-state index is 12.1. The molecule has 6 nitrogen and oxygen atoms in total. The Hall–Kier alpha value is -1.63. The van der Waals surface area contributed by atoms with Gasteiger partial charge < -0.3 is 25.3 Å². The highest BCUT2D eigenvalue weighted by molar-refractivity contribution is 5.98. The molecule has 3 N–H and O–H groups in total. The third kappa shape index (κ3) is 3.69. The molecule has 0 aromatic heterocycles. The van der Waals surface area contributed by atoms with Gasteiger partial charge in [0.05, 0.1) is 13.2 Å². The van der Waals surface area contributed by atoms with Crippen LogP contribution in [0.1, 0.15) is 6.42 Å². The van der Waals surface area contributed by atoms with Crippen LogP contribution in [0.15, 0.2) is 24.3 Å². The number of hydrogen-bond donors (Lipinski definition) is 2. The largest absolute Gasteiger partial charge is 0.491 e. The number of amides is 1. The van der Waals surface area contributed by atoms with Crippen LogP contribution in [-0.2, 0) is 14.3 Å². The summed E-state index contributed by atoms with van der Waals surface area (Å²) in [4.78, 5) is 12.1. The Balaban J connectivity index is 1.95. The number of carbonyl (C=O) groups excluding carboxylic acids is 1. The summed E-state index contributed by atoms with van der Waals surface area (Å²) in [6.07, 6.45) is 0.531. The summed E-state index contributed by atoms with van der Waals surface area (Å²) in [5.41, 5.74) is 5.72. The van der Waals surface area contributed by atoms with Gasteiger partial charge in [-0.05, 0) is 18.6 Å². The molecule has 1 heterocycles. The highest BCUT2D eigenvalue weighted by atomic mass is 16.5. The van der Waals surface area contributed by atoms with Gasteiger partial charge >= 0.3 is 0 Å². The normalized spacial score (nSPS) is 21.7. The zero-order chi connectivity index (χ0) is 14.4. The van der Waals surface area contributed by atoms with E-state index in [1.807, 2.05) is 12.1 Å². The quantitative estimate of drug-likeness (QED) is 0.752. The van der Waals surface area contributed by atoms with Crippen molar-refractivity contribution in [1.82, 2.24) is 0 Å². The summed E-state index contributed by atoms with van der Waals surface area (Å²) in [6, 6.07) is 7.18. The number of carbonyl (C=O) groups is 1. The summed E-state index contributed by atoms with van der Waals surface area (Å²) in [5, 5.41) is 2.80. The molecule has 0 bridgehead atoms. The molecule has 1 aromatic carbocycles. The van der Waals surface area contributed by atoms with Gasteiger partial charge in [-0.15, -0.1) is 0 Å². The van der Waals surface area contributed by atoms with Crippen LogP contribution in [0.4, 0.5) is 5.69 Å². The first-order valence-electron chi connectivity index (χ1n) is 6.54. The topological polar surface area (TPSA) is 82.8 Å². The molecule has 0 radical (unpaired) electrons. The minimum Gasteiger partial charge on any atom is -0.491 e. The molecule has 0 spiro atoms. The minimum atomic E-state index is -0.938. The van der Waals surface area contributed by atoms with Crippen LogP contribution < -0.4 is 15.8 Å². The van der Waals surface area contributed by atoms with E-state index in [2.05, 4.69) is 5.32 Å². The highest BCUT2D eigenvalue weighted by Gasteiger charge is 2.38. The van der Waals surface area contributed by atoms with E-state index in [-0.39, 0.29) is 12.5 Å². The highest BCUT2D eigenvalue weighted by Crippen LogP contribution is 2.21. The number of anilines is 1. The van der Waals surface area contributed by atoms with Gasteiger partial charge in [-0.25, -0.2) is 0 Å². The Morgan fingerprint density at radius 3 is 3.05 bits per heavy atom. The van der Waals surface area contributed by atoms with Gasteiger partial charge in [-0.3, -0.25) is 4.79 Å². The second-order valence-electron chi connectivity index (χ2n) is 4.78. The second kappa shape index (κ2) is 6.69. The van der Waals surface area contributed by atoms with Crippen molar-refractivity contribution in [3.63, 3.8) is 0 Å². The van der Waals surface area contributed by atoms with Crippen molar-refractivity contribution in [2.75, 3.05) is 38.9 Å². The number of nitrogens with two attached hydrogens (primary N) is 1. The fourth-order valence-corrected chi connectivity index (χ4v) is 1.92.